The molecule has 0 bridgehead atoms. The first-order valence-electron chi connectivity index (χ1n) is 4.74. The van der Waals surface area contributed by atoms with Gasteiger partial charge in [-0.2, -0.15) is 0 Å². The normalized spacial score (nSPS) is 20.6. The van der Waals surface area contributed by atoms with Crippen molar-refractivity contribution in [3.63, 3.8) is 0 Å². The van der Waals surface area contributed by atoms with Crippen LogP contribution in [0.25, 0.3) is 0 Å². The lowest BCUT2D eigenvalue weighted by molar-refractivity contribution is 0.169. The van der Waals surface area contributed by atoms with Crippen molar-refractivity contribution in [2.75, 3.05) is 0 Å². The van der Waals surface area contributed by atoms with Gasteiger partial charge in [0.2, 0.25) is 0 Å². The lowest BCUT2D eigenvalue weighted by Crippen LogP contribution is -2.21. The number of rotatable bonds is 1. The maximum Gasteiger partial charge on any atom is 0.123 e. The van der Waals surface area contributed by atoms with Gasteiger partial charge in [-0.25, -0.2) is 4.39 Å². The first-order valence-corrected chi connectivity index (χ1v) is 4.74. The number of halogens is 1. The van der Waals surface area contributed by atoms with E-state index in [4.69, 9.17) is 4.74 Å². The highest BCUT2D eigenvalue weighted by atomic mass is 19.1. The third kappa shape index (κ3) is 1.67. The van der Waals surface area contributed by atoms with Crippen LogP contribution in [-0.2, 0) is 6.42 Å². The molecule has 0 aromatic heterocycles. The lowest BCUT2D eigenvalue weighted by Gasteiger charge is -2.24. The topological polar surface area (TPSA) is 9.23 Å². The zero-order valence-corrected chi connectivity index (χ0v) is 7.72. The minimum atomic E-state index is -0.169. The standard InChI is InChI=1S/C11H13FO/c1-2-10-5-3-8-7-9(12)4-6-11(8)13-10/h4,6-7,10H,2-3,5H2,1H3. The molecule has 0 fully saturated rings. The number of hydrogen-bond acceptors (Lipinski definition) is 1. The van der Waals surface area contributed by atoms with E-state index in [2.05, 4.69) is 6.92 Å². The molecule has 1 atom stereocenters. The van der Waals surface area contributed by atoms with E-state index in [1.54, 1.807) is 12.1 Å². The Bertz CT molecular complexity index is 309. The molecule has 1 nitrogen and oxygen atoms in total. The van der Waals surface area contributed by atoms with Crippen molar-refractivity contribution >= 4 is 0 Å². The molecule has 0 aliphatic carbocycles. The van der Waals surface area contributed by atoms with E-state index in [1.807, 2.05) is 0 Å². The van der Waals surface area contributed by atoms with Crippen LogP contribution in [0.1, 0.15) is 25.3 Å². The van der Waals surface area contributed by atoms with Crippen LogP contribution < -0.4 is 4.74 Å². The lowest BCUT2D eigenvalue weighted by atomic mass is 10.0. The molecule has 0 saturated carbocycles. The van der Waals surface area contributed by atoms with Crippen molar-refractivity contribution in [3.05, 3.63) is 29.6 Å². The Morgan fingerprint density at radius 2 is 2.38 bits per heavy atom. The summed E-state index contributed by atoms with van der Waals surface area (Å²) in [6.45, 7) is 2.11. The number of benzene rings is 1. The fourth-order valence-electron chi connectivity index (χ4n) is 1.70. The third-order valence-corrected chi connectivity index (χ3v) is 2.51. The van der Waals surface area contributed by atoms with Crippen LogP contribution in [0.4, 0.5) is 4.39 Å². The van der Waals surface area contributed by atoms with E-state index in [9.17, 15) is 4.39 Å². The largest absolute Gasteiger partial charge is 0.490 e. The Balaban J connectivity index is 2.26. The third-order valence-electron chi connectivity index (χ3n) is 2.51. The monoisotopic (exact) mass is 180 g/mol. The SMILES string of the molecule is CCC1CCc2cc(F)ccc2O1. The predicted molar refractivity (Wildman–Crippen MR) is 49.4 cm³/mol. The Labute approximate surface area is 77.5 Å². The predicted octanol–water partition coefficient (Wildman–Crippen LogP) is 2.93. The summed E-state index contributed by atoms with van der Waals surface area (Å²) in [5, 5.41) is 0. The van der Waals surface area contributed by atoms with Crippen LogP contribution >= 0.6 is 0 Å². The van der Waals surface area contributed by atoms with Gasteiger partial charge in [0.15, 0.2) is 0 Å². The molecular formula is C11H13FO. The first-order chi connectivity index (χ1) is 6.29. The molecule has 1 heterocycles. The number of hydrogen-bond donors (Lipinski definition) is 0. The van der Waals surface area contributed by atoms with Crippen molar-refractivity contribution in [2.24, 2.45) is 0 Å². The van der Waals surface area contributed by atoms with Crippen molar-refractivity contribution in [3.8, 4) is 5.75 Å². The highest BCUT2D eigenvalue weighted by Crippen LogP contribution is 2.28. The minimum Gasteiger partial charge on any atom is -0.490 e. The fourth-order valence-corrected chi connectivity index (χ4v) is 1.70. The smallest absolute Gasteiger partial charge is 0.123 e. The van der Waals surface area contributed by atoms with E-state index < -0.39 is 0 Å². The van der Waals surface area contributed by atoms with Crippen molar-refractivity contribution in [1.82, 2.24) is 0 Å². The van der Waals surface area contributed by atoms with Gasteiger partial charge in [0.1, 0.15) is 11.6 Å². The van der Waals surface area contributed by atoms with Crippen LogP contribution in [0.5, 0.6) is 5.75 Å². The van der Waals surface area contributed by atoms with Crippen LogP contribution in [0.15, 0.2) is 18.2 Å². The highest BCUT2D eigenvalue weighted by molar-refractivity contribution is 5.35. The molecular weight excluding hydrogens is 167 g/mol. The summed E-state index contributed by atoms with van der Waals surface area (Å²) in [6, 6.07) is 4.75. The molecule has 0 N–H and O–H groups in total. The average Bonchev–Trinajstić information content (AvgIpc) is 2.17. The van der Waals surface area contributed by atoms with Crippen LogP contribution in [0.2, 0.25) is 0 Å². The number of aryl methyl sites for hydroxylation is 1. The summed E-state index contributed by atoms with van der Waals surface area (Å²) in [6.07, 6.45) is 3.29. The van der Waals surface area contributed by atoms with Crippen molar-refractivity contribution in [2.45, 2.75) is 32.3 Å². The minimum absolute atomic E-state index is 0.169. The second kappa shape index (κ2) is 3.36. The second-order valence-electron chi connectivity index (χ2n) is 3.44. The van der Waals surface area contributed by atoms with Gasteiger partial charge in [-0.05, 0) is 43.0 Å². The Hall–Kier alpha value is -1.05. The van der Waals surface area contributed by atoms with Gasteiger partial charge in [-0.15, -0.1) is 0 Å². The fraction of sp³-hybridized carbons (Fsp3) is 0.455. The zero-order chi connectivity index (χ0) is 9.26. The molecule has 0 amide bonds. The molecule has 1 aliphatic rings. The average molecular weight is 180 g/mol. The number of ether oxygens (including phenoxy) is 1. The molecule has 1 unspecified atom stereocenters. The zero-order valence-electron chi connectivity index (χ0n) is 7.72. The quantitative estimate of drug-likeness (QED) is 0.645. The molecule has 0 radical (unpaired) electrons. The molecule has 70 valence electrons. The number of fused-ring (bicyclic) bond motifs is 1. The van der Waals surface area contributed by atoms with Crippen LogP contribution in [0.3, 0.4) is 0 Å². The van der Waals surface area contributed by atoms with E-state index in [-0.39, 0.29) is 5.82 Å². The van der Waals surface area contributed by atoms with Crippen molar-refractivity contribution in [1.29, 1.82) is 0 Å². The molecule has 1 aromatic rings. The summed E-state index contributed by atoms with van der Waals surface area (Å²) in [5.41, 5.74) is 1.00. The maximum atomic E-state index is 12.8. The molecule has 2 rings (SSSR count). The summed E-state index contributed by atoms with van der Waals surface area (Å²) in [4.78, 5) is 0. The van der Waals surface area contributed by atoms with E-state index in [0.29, 0.717) is 6.10 Å². The molecule has 1 aliphatic heterocycles. The first kappa shape index (κ1) is 8.54. The molecule has 0 saturated heterocycles. The Morgan fingerprint density at radius 1 is 1.54 bits per heavy atom. The Morgan fingerprint density at radius 3 is 3.15 bits per heavy atom. The summed E-state index contributed by atoms with van der Waals surface area (Å²) < 4.78 is 18.5. The van der Waals surface area contributed by atoms with Gasteiger partial charge < -0.3 is 4.74 Å². The van der Waals surface area contributed by atoms with Gasteiger partial charge in [-0.3, -0.25) is 0 Å². The molecule has 2 heteroatoms. The second-order valence-corrected chi connectivity index (χ2v) is 3.44. The van der Waals surface area contributed by atoms with Crippen LogP contribution in [-0.4, -0.2) is 6.10 Å². The van der Waals surface area contributed by atoms with Crippen molar-refractivity contribution < 1.29 is 9.13 Å². The van der Waals surface area contributed by atoms with E-state index in [1.165, 1.54) is 6.07 Å². The summed E-state index contributed by atoms with van der Waals surface area (Å²) in [5.74, 6) is 0.691. The van der Waals surface area contributed by atoms with Gasteiger partial charge in [-0.1, -0.05) is 6.92 Å². The molecule has 0 spiro atoms. The van der Waals surface area contributed by atoms with Gasteiger partial charge in [0.05, 0.1) is 6.10 Å². The molecule has 1 aromatic carbocycles. The molecule has 13 heavy (non-hydrogen) atoms. The van der Waals surface area contributed by atoms with Gasteiger partial charge in [0, 0.05) is 0 Å². The summed E-state index contributed by atoms with van der Waals surface area (Å²) in [7, 11) is 0. The van der Waals surface area contributed by atoms with E-state index >= 15 is 0 Å². The van der Waals surface area contributed by atoms with E-state index in [0.717, 1.165) is 30.6 Å². The van der Waals surface area contributed by atoms with Gasteiger partial charge >= 0.3 is 0 Å². The maximum absolute atomic E-state index is 12.8. The van der Waals surface area contributed by atoms with Crippen LogP contribution in [0, 0.1) is 5.82 Å². The summed E-state index contributed by atoms with van der Waals surface area (Å²) >= 11 is 0. The van der Waals surface area contributed by atoms with Gasteiger partial charge in [0.25, 0.3) is 0 Å². The Kier molecular flexibility index (Phi) is 2.21. The highest BCUT2D eigenvalue weighted by Gasteiger charge is 2.17.